The third-order valence-corrected chi connectivity index (χ3v) is 5.61. The highest BCUT2D eigenvalue weighted by molar-refractivity contribution is 5.70. The number of hydrogen-bond acceptors (Lipinski definition) is 5. The minimum absolute atomic E-state index is 0.0407. The predicted octanol–water partition coefficient (Wildman–Crippen LogP) is 6.87. The lowest BCUT2D eigenvalue weighted by Gasteiger charge is -2.21. The Bertz CT molecular complexity index is 1200. The molecule has 0 spiro atoms. The second-order valence-electron chi connectivity index (χ2n) is 10.1. The average Bonchev–Trinajstić information content (AvgIpc) is 2.81. The van der Waals surface area contributed by atoms with Crippen LogP contribution in [0.15, 0.2) is 48.5 Å². The summed E-state index contributed by atoms with van der Waals surface area (Å²) >= 11 is 0. The van der Waals surface area contributed by atoms with E-state index in [1.807, 2.05) is 37.3 Å². The Labute approximate surface area is 213 Å². The Balaban J connectivity index is 1.83. The van der Waals surface area contributed by atoms with Crippen molar-refractivity contribution in [1.29, 1.82) is 0 Å². The van der Waals surface area contributed by atoms with Crippen molar-refractivity contribution in [3.05, 3.63) is 76.9 Å². The van der Waals surface area contributed by atoms with Gasteiger partial charge in [-0.05, 0) is 79.6 Å². The van der Waals surface area contributed by atoms with E-state index in [4.69, 9.17) is 19.2 Å². The zero-order valence-electron chi connectivity index (χ0n) is 22.1. The highest BCUT2D eigenvalue weighted by Gasteiger charge is 2.19. The van der Waals surface area contributed by atoms with E-state index in [1.165, 1.54) is 6.07 Å². The number of carbonyl (C=O) groups is 1. The van der Waals surface area contributed by atoms with Crippen molar-refractivity contribution in [2.75, 3.05) is 13.7 Å². The van der Waals surface area contributed by atoms with Gasteiger partial charge in [0.2, 0.25) is 0 Å². The predicted molar refractivity (Wildman–Crippen MR) is 140 cm³/mol. The highest BCUT2D eigenvalue weighted by atomic mass is 19.1. The minimum atomic E-state index is -0.313. The van der Waals surface area contributed by atoms with Crippen LogP contribution in [-0.4, -0.2) is 24.7 Å². The van der Waals surface area contributed by atoms with Crippen molar-refractivity contribution >= 4 is 5.97 Å². The second-order valence-corrected chi connectivity index (χ2v) is 10.1. The Kier molecular flexibility index (Phi) is 9.08. The van der Waals surface area contributed by atoms with Crippen LogP contribution in [0.25, 0.3) is 11.1 Å². The maximum atomic E-state index is 14.8. The molecule has 0 bridgehead atoms. The summed E-state index contributed by atoms with van der Waals surface area (Å²) in [6.07, 6.45) is 1.59. The third kappa shape index (κ3) is 7.80. The first-order valence-electron chi connectivity index (χ1n) is 12.3. The number of nitrogens with zero attached hydrogens (tertiary/aromatic N) is 1. The van der Waals surface area contributed by atoms with E-state index in [0.717, 1.165) is 33.8 Å². The summed E-state index contributed by atoms with van der Waals surface area (Å²) in [7, 11) is 1.57. The van der Waals surface area contributed by atoms with Crippen LogP contribution < -0.4 is 9.47 Å². The molecule has 3 aromatic rings. The fourth-order valence-corrected chi connectivity index (χ4v) is 4.04. The number of halogens is 1. The topological polar surface area (TPSA) is 57.7 Å². The minimum Gasteiger partial charge on any atom is -0.497 e. The molecule has 36 heavy (non-hydrogen) atoms. The van der Waals surface area contributed by atoms with E-state index < -0.39 is 0 Å². The largest absolute Gasteiger partial charge is 0.497 e. The van der Waals surface area contributed by atoms with Crippen molar-refractivity contribution in [1.82, 2.24) is 4.98 Å². The third-order valence-electron chi connectivity index (χ3n) is 5.61. The van der Waals surface area contributed by atoms with Gasteiger partial charge in [-0.25, -0.2) is 4.39 Å². The van der Waals surface area contributed by atoms with Gasteiger partial charge < -0.3 is 14.2 Å². The molecule has 0 radical (unpaired) electrons. The lowest BCUT2D eigenvalue weighted by Crippen LogP contribution is -2.13. The molecule has 0 saturated heterocycles. The molecule has 3 rings (SSSR count). The zero-order chi connectivity index (χ0) is 26.3. The smallest absolute Gasteiger partial charge is 0.306 e. The van der Waals surface area contributed by atoms with Gasteiger partial charge in [-0.1, -0.05) is 32.9 Å². The van der Waals surface area contributed by atoms with E-state index in [9.17, 15) is 9.18 Å². The number of aromatic nitrogens is 1. The van der Waals surface area contributed by atoms with Gasteiger partial charge >= 0.3 is 5.97 Å². The molecular weight excluding hydrogens is 457 g/mol. The molecule has 0 aliphatic heterocycles. The molecule has 5 nitrogen and oxygen atoms in total. The van der Waals surface area contributed by atoms with Crippen molar-refractivity contribution in [3.63, 3.8) is 0 Å². The summed E-state index contributed by atoms with van der Waals surface area (Å²) in [5, 5.41) is 0. The van der Waals surface area contributed by atoms with Crippen LogP contribution in [0.5, 0.6) is 11.5 Å². The fourth-order valence-electron chi connectivity index (χ4n) is 4.04. The van der Waals surface area contributed by atoms with E-state index in [-0.39, 0.29) is 23.8 Å². The molecule has 0 N–H and O–H groups in total. The van der Waals surface area contributed by atoms with Gasteiger partial charge in [0, 0.05) is 23.2 Å². The normalized spacial score (nSPS) is 11.3. The molecule has 0 unspecified atom stereocenters. The molecule has 0 atom stereocenters. The van der Waals surface area contributed by atoms with Gasteiger partial charge in [0.25, 0.3) is 0 Å². The number of esters is 1. The Morgan fingerprint density at radius 2 is 1.78 bits per heavy atom. The van der Waals surface area contributed by atoms with Gasteiger partial charge in [0.15, 0.2) is 0 Å². The maximum absolute atomic E-state index is 14.8. The highest BCUT2D eigenvalue weighted by Crippen LogP contribution is 2.33. The summed E-state index contributed by atoms with van der Waals surface area (Å²) < 4.78 is 31.2. The van der Waals surface area contributed by atoms with Crippen molar-refractivity contribution in [2.24, 2.45) is 5.41 Å². The van der Waals surface area contributed by atoms with Crippen LogP contribution in [0, 0.1) is 18.2 Å². The van der Waals surface area contributed by atoms with Crippen molar-refractivity contribution in [3.8, 4) is 22.6 Å². The number of carbonyl (C=O) groups excluding carboxylic acids is 1. The molecular formula is C30H36FNO4. The van der Waals surface area contributed by atoms with Crippen molar-refractivity contribution in [2.45, 2.75) is 60.5 Å². The van der Waals surface area contributed by atoms with E-state index in [1.54, 1.807) is 26.2 Å². The monoisotopic (exact) mass is 493 g/mol. The van der Waals surface area contributed by atoms with E-state index in [2.05, 4.69) is 20.8 Å². The number of rotatable bonds is 10. The van der Waals surface area contributed by atoms with Gasteiger partial charge in [-0.3, -0.25) is 9.78 Å². The molecule has 6 heteroatoms. The van der Waals surface area contributed by atoms with Gasteiger partial charge in [0.05, 0.1) is 19.4 Å². The Morgan fingerprint density at radius 3 is 2.47 bits per heavy atom. The molecule has 2 aromatic carbocycles. The summed E-state index contributed by atoms with van der Waals surface area (Å²) in [5.41, 5.74) is 4.83. The first-order chi connectivity index (χ1) is 17.1. The van der Waals surface area contributed by atoms with Crippen molar-refractivity contribution < 1.29 is 23.4 Å². The molecule has 1 aromatic heterocycles. The van der Waals surface area contributed by atoms with Crippen LogP contribution in [-0.2, 0) is 29.0 Å². The number of aryl methyl sites for hydroxylation is 2. The fraction of sp³-hybridized carbons (Fsp3) is 0.400. The van der Waals surface area contributed by atoms with E-state index in [0.29, 0.717) is 37.2 Å². The van der Waals surface area contributed by atoms with Crippen LogP contribution in [0.2, 0.25) is 0 Å². The molecule has 1 heterocycles. The van der Waals surface area contributed by atoms with Gasteiger partial charge in [-0.2, -0.15) is 0 Å². The SMILES string of the molecule is CCOC(=O)CCc1cc(C)cc(OCc2ccc(-c3cc(OC)ccc3F)c(CC(C)(C)C)n2)c1. The zero-order valence-corrected chi connectivity index (χ0v) is 22.1. The molecule has 0 amide bonds. The number of benzene rings is 2. The average molecular weight is 494 g/mol. The Hall–Kier alpha value is -3.41. The van der Waals surface area contributed by atoms with Crippen LogP contribution in [0.3, 0.4) is 0 Å². The molecule has 0 aliphatic carbocycles. The summed E-state index contributed by atoms with van der Waals surface area (Å²) in [5.74, 6) is 0.797. The van der Waals surface area contributed by atoms with Crippen LogP contribution in [0.1, 0.15) is 56.6 Å². The van der Waals surface area contributed by atoms with Crippen LogP contribution in [0.4, 0.5) is 4.39 Å². The quantitative estimate of drug-likeness (QED) is 0.289. The first-order valence-corrected chi connectivity index (χ1v) is 12.3. The summed E-state index contributed by atoms with van der Waals surface area (Å²) in [6.45, 7) is 10.9. The lowest BCUT2D eigenvalue weighted by molar-refractivity contribution is -0.143. The Morgan fingerprint density at radius 1 is 1.00 bits per heavy atom. The summed E-state index contributed by atoms with van der Waals surface area (Å²) in [4.78, 5) is 16.6. The van der Waals surface area contributed by atoms with Gasteiger partial charge in [0.1, 0.15) is 23.9 Å². The molecule has 192 valence electrons. The van der Waals surface area contributed by atoms with Gasteiger partial charge in [-0.15, -0.1) is 0 Å². The van der Waals surface area contributed by atoms with Crippen LogP contribution >= 0.6 is 0 Å². The maximum Gasteiger partial charge on any atom is 0.306 e. The lowest BCUT2D eigenvalue weighted by atomic mass is 9.87. The standard InChI is InChI=1S/C30H36FNO4/c1-7-35-29(33)13-8-21-14-20(2)15-24(16-21)36-19-22-9-11-25(28(32-22)18-30(3,4)5)26-17-23(34-6)10-12-27(26)31/h9-12,14-17H,7-8,13,18-19H2,1-6H3. The molecule has 0 fully saturated rings. The molecule has 0 aliphatic rings. The first kappa shape index (κ1) is 27.2. The molecule has 0 saturated carbocycles. The van der Waals surface area contributed by atoms with E-state index >= 15 is 0 Å². The number of pyridine rings is 1. The number of hydrogen-bond donors (Lipinski definition) is 0. The number of methoxy groups -OCH3 is 1. The number of ether oxygens (including phenoxy) is 3. The summed E-state index contributed by atoms with van der Waals surface area (Å²) in [6, 6.07) is 14.5. The second kappa shape index (κ2) is 12.0.